The van der Waals surface area contributed by atoms with Crippen molar-refractivity contribution >= 4 is 35.6 Å². The molecule has 0 radical (unpaired) electrons. The van der Waals surface area contributed by atoms with Gasteiger partial charge in [-0.15, -0.1) is 11.8 Å². The smallest absolute Gasteiger partial charge is 0.316 e. The van der Waals surface area contributed by atoms with E-state index in [9.17, 15) is 19.5 Å². The van der Waals surface area contributed by atoms with Gasteiger partial charge in [-0.2, -0.15) is 0 Å². The Bertz CT molecular complexity index is 1260. The average molecular weight is 516 g/mol. The fourth-order valence-corrected chi connectivity index (χ4v) is 6.21. The van der Waals surface area contributed by atoms with Crippen molar-refractivity contribution in [3.63, 3.8) is 0 Å². The highest BCUT2D eigenvalue weighted by Gasteiger charge is 2.58. The zero-order chi connectivity index (χ0) is 26.4. The van der Waals surface area contributed by atoms with Gasteiger partial charge in [-0.25, -0.2) is 0 Å². The van der Waals surface area contributed by atoms with E-state index in [0.717, 1.165) is 16.7 Å². The molecule has 0 spiro atoms. The largest absolute Gasteiger partial charge is 0.481 e. The van der Waals surface area contributed by atoms with E-state index in [2.05, 4.69) is 16.9 Å². The molecule has 2 aliphatic heterocycles. The van der Waals surface area contributed by atoms with Gasteiger partial charge in [-0.3, -0.25) is 19.4 Å². The number of rotatable bonds is 6. The molecule has 0 saturated carbocycles. The van der Waals surface area contributed by atoms with E-state index in [4.69, 9.17) is 0 Å². The molecule has 5 rings (SSSR count). The van der Waals surface area contributed by atoms with E-state index >= 15 is 0 Å². The number of hydrogen-bond donors (Lipinski definition) is 2. The molecule has 0 bridgehead atoms. The normalized spacial score (nSPS) is 22.0. The second kappa shape index (κ2) is 11.4. The van der Waals surface area contributed by atoms with Crippen molar-refractivity contribution in [1.82, 2.24) is 15.2 Å². The molecule has 7 nitrogen and oxygen atoms in total. The van der Waals surface area contributed by atoms with Crippen molar-refractivity contribution in [2.75, 3.05) is 12.3 Å². The topological polar surface area (TPSA) is 99.6 Å². The summed E-state index contributed by atoms with van der Waals surface area (Å²) >= 11 is 1.41. The first-order valence-electron chi connectivity index (χ1n) is 11.9. The van der Waals surface area contributed by atoms with Gasteiger partial charge in [0.15, 0.2) is 0 Å². The number of nitrogens with one attached hydrogen (secondary N) is 1. The van der Waals surface area contributed by atoms with Crippen molar-refractivity contribution in [2.45, 2.75) is 30.2 Å². The maximum atomic E-state index is 12.8. The Kier molecular flexibility index (Phi) is 8.08. The Morgan fingerprint density at radius 2 is 1.86 bits per heavy atom. The van der Waals surface area contributed by atoms with Gasteiger partial charge in [0.2, 0.25) is 11.8 Å². The summed E-state index contributed by atoms with van der Waals surface area (Å²) in [5.41, 5.74) is 2.19. The second-order valence-electron chi connectivity index (χ2n) is 9.07. The zero-order valence-electron chi connectivity index (χ0n) is 20.5. The van der Waals surface area contributed by atoms with E-state index in [1.807, 2.05) is 73.7 Å². The van der Waals surface area contributed by atoms with Crippen LogP contribution in [0.25, 0.3) is 6.08 Å². The van der Waals surface area contributed by atoms with Crippen LogP contribution in [-0.2, 0) is 26.2 Å². The molecule has 2 saturated heterocycles. The minimum Gasteiger partial charge on any atom is -0.481 e. The van der Waals surface area contributed by atoms with Gasteiger partial charge in [-0.05, 0) is 41.3 Å². The number of carboxylic acid groups (broad SMARTS) is 1. The van der Waals surface area contributed by atoms with E-state index < -0.39 is 17.4 Å². The fraction of sp³-hybridized carbons (Fsp3) is 0.241. The number of hydrogen-bond acceptors (Lipinski definition) is 5. The van der Waals surface area contributed by atoms with Gasteiger partial charge in [0, 0.05) is 24.7 Å². The Morgan fingerprint density at radius 1 is 1.16 bits per heavy atom. The Morgan fingerprint density at radius 3 is 2.43 bits per heavy atom. The molecule has 0 aliphatic carbocycles. The molecule has 2 N–H and O–H groups in total. The van der Waals surface area contributed by atoms with Gasteiger partial charge in [0.1, 0.15) is 16.8 Å². The number of carboxylic acids is 1. The van der Waals surface area contributed by atoms with E-state index in [-0.39, 0.29) is 30.2 Å². The molecule has 2 amide bonds. The van der Waals surface area contributed by atoms with Crippen molar-refractivity contribution < 1.29 is 19.5 Å². The Labute approximate surface area is 220 Å². The summed E-state index contributed by atoms with van der Waals surface area (Å²) in [5, 5.41) is 12.7. The number of amides is 2. The molecule has 3 aromatic rings. The number of thioether (sulfide) groups is 1. The van der Waals surface area contributed by atoms with Crippen LogP contribution in [0.4, 0.5) is 0 Å². The predicted molar refractivity (Wildman–Crippen MR) is 145 cm³/mol. The average Bonchev–Trinajstić information content (AvgIpc) is 2.93. The first kappa shape index (κ1) is 26.2. The molecule has 2 fully saturated rings. The monoisotopic (exact) mass is 515 g/mol. The highest BCUT2D eigenvalue weighted by molar-refractivity contribution is 8.00. The summed E-state index contributed by atoms with van der Waals surface area (Å²) in [4.78, 5) is 43.0. The minimum absolute atomic E-state index is 0.0954. The van der Waals surface area contributed by atoms with E-state index in [0.29, 0.717) is 11.3 Å². The number of carbonyl (C=O) groups is 3. The van der Waals surface area contributed by atoms with Crippen LogP contribution < -0.4 is 5.32 Å². The molecule has 190 valence electrons. The van der Waals surface area contributed by atoms with Crippen molar-refractivity contribution in [3.05, 3.63) is 108 Å². The van der Waals surface area contributed by atoms with Crippen LogP contribution in [-0.4, -0.2) is 56.5 Å². The van der Waals surface area contributed by atoms with Gasteiger partial charge < -0.3 is 15.3 Å². The third kappa shape index (κ3) is 5.59. The molecular formula is C29H29N3O4S. The maximum absolute atomic E-state index is 12.8. The number of aryl methyl sites for hydroxylation is 1. The molecule has 2 aliphatic rings. The Balaban J connectivity index is 0.000000469. The highest BCUT2D eigenvalue weighted by Crippen LogP contribution is 2.44. The van der Waals surface area contributed by atoms with Crippen molar-refractivity contribution in [1.29, 1.82) is 0 Å². The van der Waals surface area contributed by atoms with Crippen LogP contribution in [0.1, 0.15) is 22.3 Å². The lowest BCUT2D eigenvalue weighted by Gasteiger charge is -2.54. The number of aliphatic carboxylic acids is 1. The van der Waals surface area contributed by atoms with Gasteiger partial charge >= 0.3 is 5.97 Å². The number of pyridine rings is 1. The lowest BCUT2D eigenvalue weighted by molar-refractivity contribution is -0.154. The first-order valence-corrected chi connectivity index (χ1v) is 13.0. The predicted octanol–water partition coefficient (Wildman–Crippen LogP) is 3.68. The molecule has 3 heterocycles. The summed E-state index contributed by atoms with van der Waals surface area (Å²) in [6.07, 6.45) is 5.42. The van der Waals surface area contributed by atoms with Crippen LogP contribution in [0.2, 0.25) is 0 Å². The molecule has 2 unspecified atom stereocenters. The van der Waals surface area contributed by atoms with Gasteiger partial charge in [0.05, 0.1) is 6.42 Å². The number of nitrogens with zero attached hydrogens (tertiary/aromatic N) is 2. The quantitative estimate of drug-likeness (QED) is 0.486. The van der Waals surface area contributed by atoms with Gasteiger partial charge in [-0.1, -0.05) is 67.3 Å². The van der Waals surface area contributed by atoms with Gasteiger partial charge in [0.25, 0.3) is 0 Å². The van der Waals surface area contributed by atoms with Crippen LogP contribution in [0.3, 0.4) is 0 Å². The fourth-order valence-electron chi connectivity index (χ4n) is 4.65. The standard InChI is InChI=1S/C24H24N2O4S.C5H5N/c1-3-16-9-10-18(15(2)11-16)24(23(29)30)13-26-21(28)20(22(26)31-14-24)25-19(27)12-17-7-5-4-6-8-17;1-2-4-6-5-3-1/h3-11,20,22H,1,12-14H2,2H3,(H,25,27)(H,29,30);1-5H/t20?,22-,24?;/m1./s1. The Hall–Kier alpha value is -3.91. The minimum atomic E-state index is -1.18. The number of carbonyl (C=O) groups excluding carboxylic acids is 2. The summed E-state index contributed by atoms with van der Waals surface area (Å²) < 4.78 is 0. The number of fused-ring (bicyclic) bond motifs is 1. The lowest BCUT2D eigenvalue weighted by Crippen LogP contribution is -2.74. The molecule has 2 aromatic carbocycles. The van der Waals surface area contributed by atoms with E-state index in [1.165, 1.54) is 11.8 Å². The lowest BCUT2D eigenvalue weighted by atomic mass is 9.77. The molecule has 8 heteroatoms. The second-order valence-corrected chi connectivity index (χ2v) is 10.2. The molecule has 1 aromatic heterocycles. The summed E-state index contributed by atoms with van der Waals surface area (Å²) in [6, 6.07) is 20.0. The third-order valence-corrected chi connectivity index (χ3v) is 8.11. The zero-order valence-corrected chi connectivity index (χ0v) is 21.4. The third-order valence-electron chi connectivity index (χ3n) is 6.58. The SMILES string of the molecule is C=Cc1ccc(C2(C(=O)O)CS[C@@H]3C(NC(=O)Cc4ccccc4)C(=O)N3C2)c(C)c1.c1ccncc1. The van der Waals surface area contributed by atoms with E-state index in [1.54, 1.807) is 23.4 Å². The first-order chi connectivity index (χ1) is 17.9. The molecular weight excluding hydrogens is 486 g/mol. The summed E-state index contributed by atoms with van der Waals surface area (Å²) in [6.45, 7) is 5.74. The van der Waals surface area contributed by atoms with Crippen LogP contribution in [0, 0.1) is 6.92 Å². The molecule has 37 heavy (non-hydrogen) atoms. The maximum Gasteiger partial charge on any atom is 0.316 e. The summed E-state index contributed by atoms with van der Waals surface area (Å²) in [5.74, 6) is -1.06. The highest BCUT2D eigenvalue weighted by atomic mass is 32.2. The molecule has 3 atom stereocenters. The van der Waals surface area contributed by atoms with Crippen molar-refractivity contribution in [2.24, 2.45) is 0 Å². The van der Waals surface area contributed by atoms with Crippen LogP contribution in [0.15, 0.2) is 85.7 Å². The number of benzene rings is 2. The van der Waals surface area contributed by atoms with Crippen LogP contribution in [0.5, 0.6) is 0 Å². The summed E-state index contributed by atoms with van der Waals surface area (Å²) in [7, 11) is 0. The number of β-lactam (4-membered cyclic amide) rings is 1. The van der Waals surface area contributed by atoms with Crippen molar-refractivity contribution in [3.8, 4) is 0 Å². The number of aromatic nitrogens is 1. The van der Waals surface area contributed by atoms with Crippen LogP contribution >= 0.6 is 11.8 Å².